The minimum absolute atomic E-state index is 0.302. The van der Waals surface area contributed by atoms with Crippen molar-refractivity contribution in [1.82, 2.24) is 0 Å². The fraction of sp³-hybridized carbons (Fsp3) is 0.696. The van der Waals surface area contributed by atoms with Crippen LogP contribution in [0.5, 0.6) is 0 Å². The van der Waals surface area contributed by atoms with Crippen LogP contribution in [0.4, 0.5) is 4.39 Å². The third-order valence-electron chi connectivity index (χ3n) is 4.78. The van der Waals surface area contributed by atoms with Crippen LogP contribution in [-0.2, 0) is 4.74 Å². The van der Waals surface area contributed by atoms with Crippen molar-refractivity contribution in [3.8, 4) is 0 Å². The molecule has 0 heterocycles. The van der Waals surface area contributed by atoms with E-state index in [2.05, 4.69) is 6.92 Å². The van der Waals surface area contributed by atoms with E-state index in [1.165, 1.54) is 64.2 Å². The highest BCUT2D eigenvalue weighted by molar-refractivity contribution is 5.89. The standard InChI is InChI=1S/C23H37FO2/c1-2-3-4-5-6-7-8-9-10-11-12-13-17-20-22(24)26-23(25)21-18-15-14-16-19-21/h14-16,18-19,22H,2-13,17,20H2,1H3. The molecule has 0 aliphatic carbocycles. The fourth-order valence-corrected chi connectivity index (χ4v) is 3.14. The maximum Gasteiger partial charge on any atom is 0.340 e. The molecule has 0 aliphatic heterocycles. The van der Waals surface area contributed by atoms with Crippen LogP contribution < -0.4 is 0 Å². The highest BCUT2D eigenvalue weighted by Gasteiger charge is 2.13. The number of unbranched alkanes of at least 4 members (excludes halogenated alkanes) is 12. The minimum Gasteiger partial charge on any atom is -0.428 e. The first kappa shape index (κ1) is 22.7. The van der Waals surface area contributed by atoms with E-state index in [9.17, 15) is 9.18 Å². The largest absolute Gasteiger partial charge is 0.428 e. The molecule has 2 nitrogen and oxygen atoms in total. The second-order valence-corrected chi connectivity index (χ2v) is 7.21. The summed E-state index contributed by atoms with van der Waals surface area (Å²) < 4.78 is 18.6. The van der Waals surface area contributed by atoms with Crippen molar-refractivity contribution in [3.63, 3.8) is 0 Å². The molecule has 1 atom stereocenters. The molecule has 0 saturated carbocycles. The zero-order chi connectivity index (χ0) is 18.9. The number of benzene rings is 1. The lowest BCUT2D eigenvalue weighted by Crippen LogP contribution is -2.13. The summed E-state index contributed by atoms with van der Waals surface area (Å²) in [6.45, 7) is 2.25. The quantitative estimate of drug-likeness (QED) is 0.223. The first-order chi connectivity index (χ1) is 12.7. The molecule has 1 aromatic rings. The van der Waals surface area contributed by atoms with Crippen molar-refractivity contribution in [2.24, 2.45) is 0 Å². The first-order valence-corrected chi connectivity index (χ1v) is 10.6. The van der Waals surface area contributed by atoms with Crippen molar-refractivity contribution >= 4 is 5.97 Å². The third kappa shape index (κ3) is 12.1. The minimum atomic E-state index is -1.49. The molecule has 0 aromatic heterocycles. The van der Waals surface area contributed by atoms with Gasteiger partial charge in [0.2, 0.25) is 6.36 Å². The molecule has 0 spiro atoms. The number of alkyl halides is 1. The number of carbonyl (C=O) groups excluding carboxylic acids is 1. The second kappa shape index (κ2) is 15.8. The van der Waals surface area contributed by atoms with E-state index in [4.69, 9.17) is 4.74 Å². The van der Waals surface area contributed by atoms with Crippen molar-refractivity contribution in [3.05, 3.63) is 35.9 Å². The summed E-state index contributed by atoms with van der Waals surface area (Å²) in [7, 11) is 0. The molecule has 3 heteroatoms. The average molecular weight is 365 g/mol. The number of ether oxygens (including phenoxy) is 1. The molecule has 1 rings (SSSR count). The van der Waals surface area contributed by atoms with Gasteiger partial charge < -0.3 is 4.74 Å². The summed E-state index contributed by atoms with van der Waals surface area (Å²) in [6, 6.07) is 8.59. The predicted molar refractivity (Wildman–Crippen MR) is 107 cm³/mol. The third-order valence-corrected chi connectivity index (χ3v) is 4.78. The van der Waals surface area contributed by atoms with Crippen LogP contribution in [-0.4, -0.2) is 12.3 Å². The van der Waals surface area contributed by atoms with Crippen LogP contribution in [0, 0.1) is 0 Å². The zero-order valence-electron chi connectivity index (χ0n) is 16.6. The van der Waals surface area contributed by atoms with Gasteiger partial charge in [0.15, 0.2) is 0 Å². The molecule has 148 valence electrons. The van der Waals surface area contributed by atoms with Crippen LogP contribution in [0.25, 0.3) is 0 Å². The maximum absolute atomic E-state index is 13.7. The van der Waals surface area contributed by atoms with Crippen molar-refractivity contribution < 1.29 is 13.9 Å². The highest BCUT2D eigenvalue weighted by Crippen LogP contribution is 2.15. The number of halogens is 1. The van der Waals surface area contributed by atoms with Gasteiger partial charge in [0.1, 0.15) is 0 Å². The number of esters is 1. The van der Waals surface area contributed by atoms with Gasteiger partial charge >= 0.3 is 5.97 Å². The van der Waals surface area contributed by atoms with E-state index in [0.29, 0.717) is 12.0 Å². The van der Waals surface area contributed by atoms with Gasteiger partial charge in [-0.15, -0.1) is 0 Å². The molecule has 0 radical (unpaired) electrons. The van der Waals surface area contributed by atoms with Crippen LogP contribution in [0.2, 0.25) is 0 Å². The summed E-state index contributed by atoms with van der Waals surface area (Å²) in [5.41, 5.74) is 0.403. The Balaban J connectivity index is 1.87. The van der Waals surface area contributed by atoms with E-state index < -0.39 is 12.3 Å². The summed E-state index contributed by atoms with van der Waals surface area (Å²) in [4.78, 5) is 11.7. The molecule has 1 aromatic carbocycles. The second-order valence-electron chi connectivity index (χ2n) is 7.21. The fourth-order valence-electron chi connectivity index (χ4n) is 3.14. The number of hydrogen-bond acceptors (Lipinski definition) is 2. The maximum atomic E-state index is 13.7. The van der Waals surface area contributed by atoms with Gasteiger partial charge in [-0.05, 0) is 18.6 Å². The smallest absolute Gasteiger partial charge is 0.340 e. The van der Waals surface area contributed by atoms with Gasteiger partial charge in [-0.1, -0.05) is 102 Å². The Bertz CT molecular complexity index is 447. The lowest BCUT2D eigenvalue weighted by atomic mass is 10.0. The van der Waals surface area contributed by atoms with Gasteiger partial charge in [-0.2, -0.15) is 0 Å². The summed E-state index contributed by atoms with van der Waals surface area (Å²) in [6.07, 6.45) is 15.2. The highest BCUT2D eigenvalue weighted by atomic mass is 19.1. The van der Waals surface area contributed by atoms with Crippen LogP contribution in [0.15, 0.2) is 30.3 Å². The Kier molecular flexibility index (Phi) is 13.8. The lowest BCUT2D eigenvalue weighted by molar-refractivity contribution is -0.0195. The number of hydrogen-bond donors (Lipinski definition) is 0. The first-order valence-electron chi connectivity index (χ1n) is 10.6. The molecule has 26 heavy (non-hydrogen) atoms. The number of carbonyl (C=O) groups is 1. The predicted octanol–water partition coefficient (Wildman–Crippen LogP) is 7.62. The topological polar surface area (TPSA) is 26.3 Å². The van der Waals surface area contributed by atoms with Gasteiger partial charge in [0, 0.05) is 6.42 Å². The Hall–Kier alpha value is -1.38. The molecule has 0 amide bonds. The monoisotopic (exact) mass is 364 g/mol. The molecule has 0 N–H and O–H groups in total. The number of rotatable bonds is 16. The van der Waals surface area contributed by atoms with Gasteiger partial charge in [0.05, 0.1) is 5.56 Å². The SMILES string of the molecule is CCCCCCCCCCCCCCCC(F)OC(=O)c1ccccc1. The summed E-state index contributed by atoms with van der Waals surface area (Å²) in [5, 5.41) is 0. The molecule has 0 saturated heterocycles. The van der Waals surface area contributed by atoms with Gasteiger partial charge in [0.25, 0.3) is 0 Å². The Morgan fingerprint density at radius 1 is 0.808 bits per heavy atom. The Morgan fingerprint density at radius 3 is 1.77 bits per heavy atom. The molecular formula is C23H37FO2. The van der Waals surface area contributed by atoms with E-state index >= 15 is 0 Å². The lowest BCUT2D eigenvalue weighted by Gasteiger charge is -2.10. The normalized spacial score (nSPS) is 12.1. The molecule has 1 unspecified atom stereocenters. The summed E-state index contributed by atoms with van der Waals surface area (Å²) in [5.74, 6) is -0.576. The zero-order valence-corrected chi connectivity index (χ0v) is 16.6. The average Bonchev–Trinajstić information content (AvgIpc) is 2.66. The van der Waals surface area contributed by atoms with E-state index in [-0.39, 0.29) is 0 Å². The van der Waals surface area contributed by atoms with E-state index in [1.807, 2.05) is 6.07 Å². The molecule has 0 fully saturated rings. The Labute approximate surface area is 159 Å². The van der Waals surface area contributed by atoms with Crippen molar-refractivity contribution in [1.29, 1.82) is 0 Å². The van der Waals surface area contributed by atoms with E-state index in [0.717, 1.165) is 19.3 Å². The molecule has 0 bridgehead atoms. The molecule has 0 aliphatic rings. The molecular weight excluding hydrogens is 327 g/mol. The van der Waals surface area contributed by atoms with Crippen molar-refractivity contribution in [2.45, 2.75) is 103 Å². The summed E-state index contributed by atoms with van der Waals surface area (Å²) >= 11 is 0. The van der Waals surface area contributed by atoms with Crippen LogP contribution >= 0.6 is 0 Å². The Morgan fingerprint density at radius 2 is 1.27 bits per heavy atom. The van der Waals surface area contributed by atoms with Gasteiger partial charge in [-0.3, -0.25) is 0 Å². The van der Waals surface area contributed by atoms with E-state index in [1.54, 1.807) is 24.3 Å². The van der Waals surface area contributed by atoms with Crippen LogP contribution in [0.1, 0.15) is 107 Å². The van der Waals surface area contributed by atoms with Crippen LogP contribution in [0.3, 0.4) is 0 Å². The van der Waals surface area contributed by atoms with Gasteiger partial charge in [-0.25, -0.2) is 9.18 Å². The van der Waals surface area contributed by atoms with Crippen molar-refractivity contribution in [2.75, 3.05) is 0 Å².